The van der Waals surface area contributed by atoms with Crippen LogP contribution in [0.5, 0.6) is 0 Å². The second-order valence-electron chi connectivity index (χ2n) is 17.2. The SMILES string of the molecule is CC(C)(C)Cc1ccnc(-c2[c-]ccc3c2oc2cc(-c4ccc(-c5ccccc5)cc4)ccc23)c1.[CH3][Ge]([CH3])([CH3])[c]1ccc(-c2[c-]ccc(-c3ccccc3)c2)nc1.[Ir]. The third-order valence-corrected chi connectivity index (χ3v) is 14.6. The van der Waals surface area contributed by atoms with Gasteiger partial charge in [-0.25, -0.2) is 0 Å². The first-order valence-electron chi connectivity index (χ1n) is 20.0. The van der Waals surface area contributed by atoms with Gasteiger partial charge in [0, 0.05) is 31.7 Å². The van der Waals surface area contributed by atoms with Gasteiger partial charge in [0.1, 0.15) is 5.58 Å². The Kier molecular flexibility index (Phi) is 12.6. The van der Waals surface area contributed by atoms with Crippen LogP contribution in [0.3, 0.4) is 0 Å². The third-order valence-electron chi connectivity index (χ3n) is 10.4. The molecule has 0 atom stereocenters. The van der Waals surface area contributed by atoms with Gasteiger partial charge >= 0.3 is 135 Å². The number of aromatic nitrogens is 2. The maximum atomic E-state index is 6.46. The first-order chi connectivity index (χ1) is 28.0. The summed E-state index contributed by atoms with van der Waals surface area (Å²) in [7, 11) is 0. The molecule has 9 rings (SSSR count). The van der Waals surface area contributed by atoms with E-state index in [1.807, 2.05) is 30.5 Å². The fourth-order valence-corrected chi connectivity index (χ4v) is 9.52. The van der Waals surface area contributed by atoms with Crippen LogP contribution in [0, 0.1) is 17.5 Å². The molecule has 0 aliphatic rings. The molecule has 0 unspecified atom stereocenters. The average Bonchev–Trinajstić information content (AvgIpc) is 3.62. The Morgan fingerprint density at radius 3 is 1.81 bits per heavy atom. The Morgan fingerprint density at radius 1 is 0.559 bits per heavy atom. The summed E-state index contributed by atoms with van der Waals surface area (Å²) in [5.41, 5.74) is 14.2. The third kappa shape index (κ3) is 9.91. The monoisotopic (exact) mass is 1010 g/mol. The van der Waals surface area contributed by atoms with Crippen LogP contribution < -0.4 is 4.40 Å². The van der Waals surface area contributed by atoms with E-state index in [1.54, 1.807) is 0 Å². The van der Waals surface area contributed by atoms with E-state index in [0.29, 0.717) is 0 Å². The number of furan rings is 1. The Bertz CT molecular complexity index is 2800. The summed E-state index contributed by atoms with van der Waals surface area (Å²) in [6.07, 6.45) is 4.94. The number of nitrogens with zero attached hydrogens (tertiary/aromatic N) is 2. The van der Waals surface area contributed by atoms with Gasteiger partial charge in [0.05, 0.1) is 5.58 Å². The van der Waals surface area contributed by atoms with E-state index in [4.69, 9.17) is 4.42 Å². The zero-order valence-corrected chi connectivity index (χ0v) is 39.0. The second kappa shape index (κ2) is 17.8. The fourth-order valence-electron chi connectivity index (χ4n) is 7.35. The molecule has 3 nitrogen and oxygen atoms in total. The number of hydrogen-bond donors (Lipinski definition) is 0. The largest absolute Gasteiger partial charge is 0 e. The Morgan fingerprint density at radius 2 is 1.17 bits per heavy atom. The summed E-state index contributed by atoms with van der Waals surface area (Å²) in [5.74, 6) is 7.16. The molecule has 0 saturated carbocycles. The summed E-state index contributed by atoms with van der Waals surface area (Å²) < 4.78 is 7.90. The van der Waals surface area contributed by atoms with E-state index in [9.17, 15) is 0 Å². The minimum absolute atomic E-state index is 0. The van der Waals surface area contributed by atoms with Gasteiger partial charge in [0.15, 0.2) is 0 Å². The van der Waals surface area contributed by atoms with Crippen LogP contribution in [0.15, 0.2) is 175 Å². The number of pyridine rings is 2. The van der Waals surface area contributed by atoms with Crippen molar-refractivity contribution >= 4 is 39.6 Å². The Hall–Kier alpha value is -5.39. The molecule has 295 valence electrons. The first kappa shape index (κ1) is 41.8. The zero-order chi connectivity index (χ0) is 40.3. The Balaban J connectivity index is 0.000000198. The molecule has 5 heteroatoms. The van der Waals surface area contributed by atoms with Crippen molar-refractivity contribution in [2.24, 2.45) is 5.41 Å². The molecule has 1 radical (unpaired) electrons. The molecule has 0 fully saturated rings. The second-order valence-corrected chi connectivity index (χ2v) is 27.8. The first-order valence-corrected chi connectivity index (χ1v) is 27.4. The summed E-state index contributed by atoms with van der Waals surface area (Å²) in [5, 5.41) is 2.20. The number of fused-ring (bicyclic) bond motifs is 3. The summed E-state index contributed by atoms with van der Waals surface area (Å²) in [4.78, 5) is 9.33. The maximum absolute atomic E-state index is 6.46. The van der Waals surface area contributed by atoms with E-state index in [0.717, 1.165) is 56.4 Å². The average molecular weight is 1010 g/mol. The topological polar surface area (TPSA) is 38.9 Å². The summed E-state index contributed by atoms with van der Waals surface area (Å²) >= 11 is -1.79. The van der Waals surface area contributed by atoms with Crippen LogP contribution in [-0.4, -0.2) is 23.2 Å². The molecule has 59 heavy (non-hydrogen) atoms. The molecule has 0 aliphatic carbocycles. The minimum Gasteiger partial charge on any atom is 0 e. The van der Waals surface area contributed by atoms with Crippen LogP contribution in [0.2, 0.25) is 17.3 Å². The predicted molar refractivity (Wildman–Crippen MR) is 247 cm³/mol. The van der Waals surface area contributed by atoms with Gasteiger partial charge in [-0.3, -0.25) is 0 Å². The number of benzene rings is 6. The smallest absolute Gasteiger partial charge is 0 e. The van der Waals surface area contributed by atoms with E-state index < -0.39 is 13.3 Å². The number of hydrogen-bond acceptors (Lipinski definition) is 3. The number of rotatable bonds is 7. The predicted octanol–water partition coefficient (Wildman–Crippen LogP) is 14.1. The molecule has 9 aromatic rings. The van der Waals surface area contributed by atoms with Gasteiger partial charge in [-0.2, -0.15) is 0 Å². The standard InChI is InChI=1S/C34H28NO.C20H20GeN.Ir/c1-34(2,3)22-23-18-19-35-31(20-23)30-11-7-10-29-28-17-16-27(21-32(28)36-33(29)30)26-14-12-25(13-15-26)24-8-5-4-6-9-24;1-21(2,3)19-12-13-20(22-15-19)18-11-7-10-17(14-18)16-8-5-4-6-9-16;/h4-10,12-21H,22H2,1-3H3;4-10,12-15H,1-3H3;/q2*-1;. The zero-order valence-electron chi connectivity index (χ0n) is 34.5. The normalized spacial score (nSPS) is 11.5. The van der Waals surface area contributed by atoms with Crippen molar-refractivity contribution in [3.63, 3.8) is 0 Å². The van der Waals surface area contributed by atoms with E-state index >= 15 is 0 Å². The molecule has 3 heterocycles. The maximum Gasteiger partial charge on any atom is 0 e. The van der Waals surface area contributed by atoms with Crippen molar-refractivity contribution in [1.29, 1.82) is 0 Å². The van der Waals surface area contributed by atoms with Crippen molar-refractivity contribution in [2.75, 3.05) is 0 Å². The van der Waals surface area contributed by atoms with Crippen LogP contribution in [0.1, 0.15) is 26.3 Å². The van der Waals surface area contributed by atoms with Crippen molar-refractivity contribution < 1.29 is 24.5 Å². The molecule has 0 spiro atoms. The molecule has 0 amide bonds. The van der Waals surface area contributed by atoms with Crippen molar-refractivity contribution in [2.45, 2.75) is 44.5 Å². The molecule has 0 bridgehead atoms. The van der Waals surface area contributed by atoms with E-state index in [1.165, 1.54) is 37.8 Å². The van der Waals surface area contributed by atoms with Gasteiger partial charge in [-0.05, 0) is 51.9 Å². The van der Waals surface area contributed by atoms with Crippen molar-refractivity contribution in [3.8, 4) is 55.9 Å². The van der Waals surface area contributed by atoms with Gasteiger partial charge < -0.3 is 9.40 Å². The summed E-state index contributed by atoms with van der Waals surface area (Å²) in [6.45, 7) is 6.77. The van der Waals surface area contributed by atoms with Crippen LogP contribution in [0.4, 0.5) is 0 Å². The fraction of sp³-hybridized carbons (Fsp3) is 0.148. The molecule has 0 saturated heterocycles. The Labute approximate surface area is 365 Å². The van der Waals surface area contributed by atoms with Gasteiger partial charge in [0.25, 0.3) is 0 Å². The van der Waals surface area contributed by atoms with Crippen LogP contribution in [0.25, 0.3) is 77.8 Å². The molecular formula is C54H48GeIrN2O-2. The van der Waals surface area contributed by atoms with Crippen LogP contribution >= 0.6 is 0 Å². The molecule has 3 aromatic heterocycles. The van der Waals surface area contributed by atoms with Crippen molar-refractivity contribution in [3.05, 3.63) is 188 Å². The quantitative estimate of drug-likeness (QED) is 0.118. The van der Waals surface area contributed by atoms with Crippen molar-refractivity contribution in [1.82, 2.24) is 9.97 Å². The van der Waals surface area contributed by atoms with Gasteiger partial charge in [-0.15, -0.1) is 18.2 Å². The summed E-state index contributed by atoms with van der Waals surface area (Å²) in [6, 6.07) is 61.7. The van der Waals surface area contributed by atoms with Gasteiger partial charge in [-0.1, -0.05) is 110 Å². The molecule has 6 aromatic carbocycles. The molecule has 0 aliphatic heterocycles. The van der Waals surface area contributed by atoms with Gasteiger partial charge in [0.2, 0.25) is 0 Å². The van der Waals surface area contributed by atoms with E-state index in [-0.39, 0.29) is 25.5 Å². The van der Waals surface area contributed by atoms with E-state index in [2.05, 4.69) is 200 Å². The minimum atomic E-state index is -1.79. The molecule has 0 N–H and O–H groups in total. The van der Waals surface area contributed by atoms with Crippen LogP contribution in [-0.2, 0) is 26.5 Å². The molecular weight excluding hydrogens is 957 g/mol.